The Morgan fingerprint density at radius 1 is 1.55 bits per heavy atom. The molecule has 0 aromatic carbocycles. The van der Waals surface area contributed by atoms with Crippen molar-refractivity contribution in [2.24, 2.45) is 23.7 Å². The van der Waals surface area contributed by atoms with Crippen molar-refractivity contribution in [2.75, 3.05) is 0 Å². The number of rotatable bonds is 1. The number of carbonyl (C=O) groups is 1. The Morgan fingerprint density at radius 3 is 2.55 bits per heavy atom. The van der Waals surface area contributed by atoms with E-state index in [2.05, 4.69) is 19.1 Å². The van der Waals surface area contributed by atoms with E-state index in [9.17, 15) is 4.79 Å². The van der Waals surface area contributed by atoms with Gasteiger partial charge in [-0.1, -0.05) is 19.1 Å². The van der Waals surface area contributed by atoms with Crippen LogP contribution in [0.15, 0.2) is 12.2 Å². The Labute approximate surface area is 65.9 Å². The zero-order valence-electron chi connectivity index (χ0n) is 6.53. The highest BCUT2D eigenvalue weighted by Crippen LogP contribution is 2.47. The highest BCUT2D eigenvalue weighted by molar-refractivity contribution is 5.71. The molecule has 2 aliphatic carbocycles. The third kappa shape index (κ3) is 0.817. The monoisotopic (exact) mass is 152 g/mol. The molecule has 1 fully saturated rings. The molecule has 0 aliphatic heterocycles. The molecule has 0 saturated heterocycles. The zero-order valence-corrected chi connectivity index (χ0v) is 6.53. The van der Waals surface area contributed by atoms with E-state index in [0.29, 0.717) is 17.8 Å². The van der Waals surface area contributed by atoms with Gasteiger partial charge in [-0.3, -0.25) is 4.79 Å². The van der Waals surface area contributed by atoms with Crippen LogP contribution in [0.5, 0.6) is 0 Å². The van der Waals surface area contributed by atoms with Gasteiger partial charge in [0.1, 0.15) is 0 Å². The highest BCUT2D eigenvalue weighted by Gasteiger charge is 2.45. The molecule has 0 radical (unpaired) electrons. The Morgan fingerprint density at radius 2 is 2.27 bits per heavy atom. The predicted molar refractivity (Wildman–Crippen MR) is 41.0 cm³/mol. The molecular weight excluding hydrogens is 140 g/mol. The minimum Gasteiger partial charge on any atom is -0.481 e. The number of aliphatic carboxylic acids is 1. The summed E-state index contributed by atoms with van der Waals surface area (Å²) in [5.41, 5.74) is 0. The summed E-state index contributed by atoms with van der Waals surface area (Å²) in [4.78, 5) is 10.7. The first kappa shape index (κ1) is 6.89. The molecule has 2 nitrogen and oxygen atoms in total. The molecule has 0 aromatic rings. The minimum atomic E-state index is -0.617. The second-order valence-corrected chi connectivity index (χ2v) is 3.67. The van der Waals surface area contributed by atoms with Gasteiger partial charge >= 0.3 is 5.97 Å². The molecule has 60 valence electrons. The van der Waals surface area contributed by atoms with E-state index in [4.69, 9.17) is 5.11 Å². The van der Waals surface area contributed by atoms with Crippen molar-refractivity contribution < 1.29 is 9.90 Å². The fraction of sp³-hybridized carbons (Fsp3) is 0.667. The Hall–Kier alpha value is -0.790. The molecule has 2 aliphatic rings. The average Bonchev–Trinajstić information content (AvgIpc) is 2.46. The molecule has 0 spiro atoms. The summed E-state index contributed by atoms with van der Waals surface area (Å²) >= 11 is 0. The molecule has 2 bridgehead atoms. The fourth-order valence-corrected chi connectivity index (χ4v) is 2.42. The third-order valence-electron chi connectivity index (χ3n) is 3.17. The number of hydrogen-bond donors (Lipinski definition) is 1. The van der Waals surface area contributed by atoms with Crippen LogP contribution in [0.3, 0.4) is 0 Å². The molecule has 1 N–H and O–H groups in total. The summed E-state index contributed by atoms with van der Waals surface area (Å²) in [7, 11) is 0. The van der Waals surface area contributed by atoms with E-state index < -0.39 is 5.97 Å². The van der Waals surface area contributed by atoms with E-state index in [1.807, 2.05) is 0 Å². The quantitative estimate of drug-likeness (QED) is 0.578. The number of hydrogen-bond acceptors (Lipinski definition) is 1. The molecule has 0 heterocycles. The van der Waals surface area contributed by atoms with Gasteiger partial charge in [-0.05, 0) is 24.2 Å². The van der Waals surface area contributed by atoms with E-state index in [-0.39, 0.29) is 5.92 Å². The van der Waals surface area contributed by atoms with Crippen LogP contribution in [0.1, 0.15) is 13.3 Å². The number of carboxylic acids is 1. The number of allylic oxidation sites excluding steroid dienone is 2. The van der Waals surface area contributed by atoms with E-state index in [1.165, 1.54) is 0 Å². The lowest BCUT2D eigenvalue weighted by Crippen LogP contribution is -2.19. The van der Waals surface area contributed by atoms with Gasteiger partial charge in [0, 0.05) is 0 Å². The molecule has 4 atom stereocenters. The lowest BCUT2D eigenvalue weighted by Gasteiger charge is -2.12. The Bertz CT molecular complexity index is 220. The van der Waals surface area contributed by atoms with Crippen LogP contribution in [-0.2, 0) is 4.79 Å². The van der Waals surface area contributed by atoms with Crippen LogP contribution in [0, 0.1) is 23.7 Å². The van der Waals surface area contributed by atoms with Gasteiger partial charge in [-0.15, -0.1) is 0 Å². The van der Waals surface area contributed by atoms with Crippen molar-refractivity contribution in [1.82, 2.24) is 0 Å². The van der Waals surface area contributed by atoms with E-state index in [1.54, 1.807) is 0 Å². The minimum absolute atomic E-state index is 0.0972. The molecule has 0 aromatic heterocycles. The molecule has 0 amide bonds. The van der Waals surface area contributed by atoms with Crippen molar-refractivity contribution in [2.45, 2.75) is 13.3 Å². The fourth-order valence-electron chi connectivity index (χ4n) is 2.42. The van der Waals surface area contributed by atoms with Crippen LogP contribution in [0.2, 0.25) is 0 Å². The summed E-state index contributed by atoms with van der Waals surface area (Å²) in [5.74, 6) is 0.711. The van der Waals surface area contributed by atoms with Crippen LogP contribution >= 0.6 is 0 Å². The summed E-state index contributed by atoms with van der Waals surface area (Å²) < 4.78 is 0. The van der Waals surface area contributed by atoms with Crippen molar-refractivity contribution in [3.8, 4) is 0 Å². The van der Waals surface area contributed by atoms with Crippen molar-refractivity contribution in [3.05, 3.63) is 12.2 Å². The second kappa shape index (κ2) is 2.10. The zero-order chi connectivity index (χ0) is 8.01. The first-order valence-corrected chi connectivity index (χ1v) is 4.11. The van der Waals surface area contributed by atoms with Gasteiger partial charge in [0.2, 0.25) is 0 Å². The normalized spacial score (nSPS) is 46.6. The second-order valence-electron chi connectivity index (χ2n) is 3.67. The lowest BCUT2D eigenvalue weighted by atomic mass is 9.92. The number of carboxylic acid groups (broad SMARTS) is 1. The summed E-state index contributed by atoms with van der Waals surface area (Å²) in [6.45, 7) is 2.15. The van der Waals surface area contributed by atoms with Crippen molar-refractivity contribution in [3.63, 3.8) is 0 Å². The van der Waals surface area contributed by atoms with E-state index in [0.717, 1.165) is 6.42 Å². The standard InChI is InChI=1S/C9H12O2/c1-5-6-2-3-7(5)8(4-6)9(10)11/h2-3,5-8H,4H2,1H3,(H,10,11)/t5-,6?,7?,8+/m0/s1. The lowest BCUT2D eigenvalue weighted by molar-refractivity contribution is -0.142. The van der Waals surface area contributed by atoms with Gasteiger partial charge in [0.25, 0.3) is 0 Å². The first-order valence-electron chi connectivity index (χ1n) is 4.11. The third-order valence-corrected chi connectivity index (χ3v) is 3.17. The summed E-state index contributed by atoms with van der Waals surface area (Å²) in [6.07, 6.45) is 5.12. The Balaban J connectivity index is 2.21. The molecule has 11 heavy (non-hydrogen) atoms. The molecule has 2 heteroatoms. The predicted octanol–water partition coefficient (Wildman–Crippen LogP) is 1.53. The smallest absolute Gasteiger partial charge is 0.307 e. The Kier molecular flexibility index (Phi) is 1.31. The SMILES string of the molecule is C[C@H]1C2C=CC1[C@H](C(=O)O)C2. The molecular formula is C9H12O2. The van der Waals surface area contributed by atoms with Gasteiger partial charge in [-0.25, -0.2) is 0 Å². The van der Waals surface area contributed by atoms with Crippen LogP contribution in [0.4, 0.5) is 0 Å². The topological polar surface area (TPSA) is 37.3 Å². The van der Waals surface area contributed by atoms with Crippen LogP contribution in [-0.4, -0.2) is 11.1 Å². The average molecular weight is 152 g/mol. The van der Waals surface area contributed by atoms with Crippen molar-refractivity contribution >= 4 is 5.97 Å². The maximum absolute atomic E-state index is 10.7. The largest absolute Gasteiger partial charge is 0.481 e. The van der Waals surface area contributed by atoms with E-state index >= 15 is 0 Å². The highest BCUT2D eigenvalue weighted by atomic mass is 16.4. The van der Waals surface area contributed by atoms with Gasteiger partial charge < -0.3 is 5.11 Å². The molecule has 1 saturated carbocycles. The first-order chi connectivity index (χ1) is 5.20. The van der Waals surface area contributed by atoms with Crippen molar-refractivity contribution in [1.29, 1.82) is 0 Å². The summed E-state index contributed by atoms with van der Waals surface area (Å²) in [5, 5.41) is 8.82. The van der Waals surface area contributed by atoms with Gasteiger partial charge in [0.15, 0.2) is 0 Å². The van der Waals surface area contributed by atoms with Crippen LogP contribution in [0.25, 0.3) is 0 Å². The van der Waals surface area contributed by atoms with Crippen LogP contribution < -0.4 is 0 Å². The summed E-state index contributed by atoms with van der Waals surface area (Å²) in [6, 6.07) is 0. The van der Waals surface area contributed by atoms with Gasteiger partial charge in [-0.2, -0.15) is 0 Å². The molecule has 2 unspecified atom stereocenters. The number of fused-ring (bicyclic) bond motifs is 2. The molecule has 2 rings (SSSR count). The van der Waals surface area contributed by atoms with Gasteiger partial charge in [0.05, 0.1) is 5.92 Å². The maximum Gasteiger partial charge on any atom is 0.307 e. The maximum atomic E-state index is 10.7.